The molecule has 0 spiro atoms. The maximum absolute atomic E-state index is 11.9. The first-order valence-electron chi connectivity index (χ1n) is 6.39. The van der Waals surface area contributed by atoms with E-state index in [1.807, 2.05) is 24.3 Å². The summed E-state index contributed by atoms with van der Waals surface area (Å²) in [6.45, 7) is 0.218. The van der Waals surface area contributed by atoms with Gasteiger partial charge < -0.3 is 15.1 Å². The maximum Gasteiger partial charge on any atom is 0.326 e. The average molecular weight is 342 g/mol. The van der Waals surface area contributed by atoms with Gasteiger partial charge in [0.1, 0.15) is 6.04 Å². The van der Waals surface area contributed by atoms with Crippen LogP contribution in [0.4, 0.5) is 0 Å². The lowest BCUT2D eigenvalue weighted by atomic mass is 10.0. The summed E-state index contributed by atoms with van der Waals surface area (Å²) in [5.74, 6) is -1.37. The van der Waals surface area contributed by atoms with Gasteiger partial charge in [-0.2, -0.15) is 0 Å². The van der Waals surface area contributed by atoms with Crippen LogP contribution in [-0.4, -0.2) is 46.2 Å². The zero-order valence-electron chi connectivity index (χ0n) is 10.8. The first-order chi connectivity index (χ1) is 9.51. The van der Waals surface area contributed by atoms with E-state index in [1.165, 1.54) is 4.90 Å². The van der Waals surface area contributed by atoms with Crippen LogP contribution in [0, 0.1) is 5.92 Å². The Kier molecular flexibility index (Phi) is 4.77. The highest BCUT2D eigenvalue weighted by molar-refractivity contribution is 9.10. The Morgan fingerprint density at radius 1 is 1.40 bits per heavy atom. The molecule has 2 unspecified atom stereocenters. The number of aliphatic hydroxyl groups is 1. The van der Waals surface area contributed by atoms with E-state index in [4.69, 9.17) is 5.11 Å². The Balaban J connectivity index is 2.13. The van der Waals surface area contributed by atoms with E-state index in [0.29, 0.717) is 6.54 Å². The summed E-state index contributed by atoms with van der Waals surface area (Å²) in [5, 5.41) is 18.5. The number of amides is 1. The van der Waals surface area contributed by atoms with Crippen LogP contribution in [-0.2, 0) is 16.0 Å². The van der Waals surface area contributed by atoms with Crippen LogP contribution in [0.15, 0.2) is 28.7 Å². The highest BCUT2D eigenvalue weighted by atomic mass is 79.9. The van der Waals surface area contributed by atoms with Gasteiger partial charge in [0, 0.05) is 36.4 Å². The predicted molar refractivity (Wildman–Crippen MR) is 76.2 cm³/mol. The van der Waals surface area contributed by atoms with E-state index in [0.717, 1.165) is 10.0 Å². The standard InChI is InChI=1S/C14H16BrNO4/c15-11-3-1-9(2-4-11)5-12(14(19)20)16-7-10(8-17)6-13(16)18/h1-4,10,12,17H,5-8H2,(H,19,20). The fraction of sp³-hybridized carbons (Fsp3) is 0.429. The minimum Gasteiger partial charge on any atom is -0.480 e. The molecule has 1 aromatic carbocycles. The topological polar surface area (TPSA) is 77.8 Å². The summed E-state index contributed by atoms with van der Waals surface area (Å²) < 4.78 is 0.922. The van der Waals surface area contributed by atoms with Gasteiger partial charge in [0.25, 0.3) is 0 Å². The zero-order valence-corrected chi connectivity index (χ0v) is 12.4. The summed E-state index contributed by atoms with van der Waals surface area (Å²) in [5.41, 5.74) is 0.862. The molecule has 0 saturated carbocycles. The highest BCUT2D eigenvalue weighted by Gasteiger charge is 2.37. The number of carboxylic acid groups (broad SMARTS) is 1. The lowest BCUT2D eigenvalue weighted by Gasteiger charge is -2.24. The SMILES string of the molecule is O=C(O)C(Cc1ccc(Br)cc1)N1CC(CO)CC1=O. The maximum atomic E-state index is 11.9. The van der Waals surface area contributed by atoms with E-state index in [9.17, 15) is 14.7 Å². The van der Waals surface area contributed by atoms with Gasteiger partial charge in [-0.25, -0.2) is 4.79 Å². The number of carbonyl (C=O) groups excluding carboxylic acids is 1. The normalized spacial score (nSPS) is 20.2. The van der Waals surface area contributed by atoms with Crippen molar-refractivity contribution in [3.8, 4) is 0 Å². The molecular weight excluding hydrogens is 326 g/mol. The fourth-order valence-electron chi connectivity index (χ4n) is 2.41. The molecule has 2 atom stereocenters. The van der Waals surface area contributed by atoms with Gasteiger partial charge in [0.15, 0.2) is 0 Å². The van der Waals surface area contributed by atoms with Crippen LogP contribution < -0.4 is 0 Å². The second kappa shape index (κ2) is 6.37. The third-order valence-electron chi connectivity index (χ3n) is 3.50. The van der Waals surface area contributed by atoms with Crippen molar-refractivity contribution in [3.63, 3.8) is 0 Å². The molecule has 1 aliphatic heterocycles. The van der Waals surface area contributed by atoms with Crippen LogP contribution in [0.3, 0.4) is 0 Å². The number of carboxylic acids is 1. The van der Waals surface area contributed by atoms with Gasteiger partial charge in [0.2, 0.25) is 5.91 Å². The Hall–Kier alpha value is -1.40. The monoisotopic (exact) mass is 341 g/mol. The number of aliphatic hydroxyl groups excluding tert-OH is 1. The van der Waals surface area contributed by atoms with Crippen molar-refractivity contribution in [3.05, 3.63) is 34.3 Å². The number of carbonyl (C=O) groups is 2. The largest absolute Gasteiger partial charge is 0.480 e. The summed E-state index contributed by atoms with van der Waals surface area (Å²) >= 11 is 3.33. The third-order valence-corrected chi connectivity index (χ3v) is 4.03. The smallest absolute Gasteiger partial charge is 0.326 e. The van der Waals surface area contributed by atoms with E-state index in [1.54, 1.807) is 0 Å². The number of nitrogens with zero attached hydrogens (tertiary/aromatic N) is 1. The summed E-state index contributed by atoms with van der Waals surface area (Å²) in [7, 11) is 0. The molecule has 108 valence electrons. The molecule has 0 aliphatic carbocycles. The first-order valence-corrected chi connectivity index (χ1v) is 7.18. The van der Waals surface area contributed by atoms with Crippen molar-refractivity contribution >= 4 is 27.8 Å². The highest BCUT2D eigenvalue weighted by Crippen LogP contribution is 2.22. The quantitative estimate of drug-likeness (QED) is 0.845. The Labute approximate surface area is 125 Å². The molecule has 1 aliphatic rings. The molecule has 1 aromatic rings. The number of benzene rings is 1. The Morgan fingerprint density at radius 2 is 2.05 bits per heavy atom. The van der Waals surface area contributed by atoms with Crippen molar-refractivity contribution < 1.29 is 19.8 Å². The number of halogens is 1. The molecule has 1 heterocycles. The molecule has 0 aromatic heterocycles. The molecular formula is C14H16BrNO4. The van der Waals surface area contributed by atoms with Gasteiger partial charge in [-0.1, -0.05) is 28.1 Å². The fourth-order valence-corrected chi connectivity index (χ4v) is 2.67. The van der Waals surface area contributed by atoms with Crippen molar-refractivity contribution in [2.75, 3.05) is 13.2 Å². The molecule has 20 heavy (non-hydrogen) atoms. The van der Waals surface area contributed by atoms with Crippen LogP contribution >= 0.6 is 15.9 Å². The van der Waals surface area contributed by atoms with Gasteiger partial charge in [-0.15, -0.1) is 0 Å². The van der Waals surface area contributed by atoms with Gasteiger partial charge >= 0.3 is 5.97 Å². The van der Waals surface area contributed by atoms with Crippen molar-refractivity contribution in [1.29, 1.82) is 0 Å². The third kappa shape index (κ3) is 3.37. The van der Waals surface area contributed by atoms with E-state index in [-0.39, 0.29) is 31.3 Å². The minimum atomic E-state index is -1.01. The number of hydrogen-bond acceptors (Lipinski definition) is 3. The van der Waals surface area contributed by atoms with E-state index < -0.39 is 12.0 Å². The second-order valence-electron chi connectivity index (χ2n) is 4.98. The summed E-state index contributed by atoms with van der Waals surface area (Å²) in [4.78, 5) is 24.7. The second-order valence-corrected chi connectivity index (χ2v) is 5.90. The lowest BCUT2D eigenvalue weighted by Crippen LogP contribution is -2.43. The van der Waals surface area contributed by atoms with Crippen molar-refractivity contribution in [2.45, 2.75) is 18.9 Å². The molecule has 5 nitrogen and oxygen atoms in total. The number of rotatable bonds is 5. The first kappa shape index (κ1) is 15.0. The Bertz CT molecular complexity index is 502. The lowest BCUT2D eigenvalue weighted by molar-refractivity contribution is -0.148. The van der Waals surface area contributed by atoms with Gasteiger partial charge in [-0.3, -0.25) is 4.79 Å². The average Bonchev–Trinajstić information content (AvgIpc) is 2.79. The molecule has 2 N–H and O–H groups in total. The van der Waals surface area contributed by atoms with Crippen LogP contribution in [0.2, 0.25) is 0 Å². The van der Waals surface area contributed by atoms with E-state index in [2.05, 4.69) is 15.9 Å². The zero-order chi connectivity index (χ0) is 14.7. The van der Waals surface area contributed by atoms with E-state index >= 15 is 0 Å². The van der Waals surface area contributed by atoms with Crippen LogP contribution in [0.5, 0.6) is 0 Å². The summed E-state index contributed by atoms with van der Waals surface area (Å²) in [6, 6.07) is 6.49. The van der Waals surface area contributed by atoms with Gasteiger partial charge in [0.05, 0.1) is 0 Å². The molecule has 2 rings (SSSR count). The Morgan fingerprint density at radius 3 is 2.55 bits per heavy atom. The van der Waals surface area contributed by atoms with Crippen molar-refractivity contribution in [2.24, 2.45) is 5.92 Å². The van der Waals surface area contributed by atoms with Crippen LogP contribution in [0.25, 0.3) is 0 Å². The number of aliphatic carboxylic acids is 1. The molecule has 0 radical (unpaired) electrons. The summed E-state index contributed by atoms with van der Waals surface area (Å²) in [6.07, 6.45) is 0.493. The molecule has 0 bridgehead atoms. The minimum absolute atomic E-state index is 0.0904. The molecule has 1 saturated heterocycles. The molecule has 1 fully saturated rings. The predicted octanol–water partition coefficient (Wildman–Crippen LogP) is 1.29. The van der Waals surface area contributed by atoms with Crippen LogP contribution in [0.1, 0.15) is 12.0 Å². The van der Waals surface area contributed by atoms with Crippen molar-refractivity contribution in [1.82, 2.24) is 4.90 Å². The molecule has 6 heteroatoms. The van der Waals surface area contributed by atoms with Gasteiger partial charge in [-0.05, 0) is 17.7 Å². The number of likely N-dealkylation sites (tertiary alicyclic amines) is 1. The number of hydrogen-bond donors (Lipinski definition) is 2. The molecule has 1 amide bonds.